The molecule has 1 N–H and O–H groups in total. The highest BCUT2D eigenvalue weighted by molar-refractivity contribution is 6.30. The quantitative estimate of drug-likeness (QED) is 0.483. The minimum Gasteiger partial charge on any atom is -0.350 e. The zero-order valence-corrected chi connectivity index (χ0v) is 16.2. The Bertz CT molecular complexity index is 1010. The van der Waals surface area contributed by atoms with Gasteiger partial charge in [0.25, 0.3) is 5.91 Å². The van der Waals surface area contributed by atoms with Gasteiger partial charge in [0.05, 0.1) is 29.2 Å². The number of carbonyl (C=O) groups excluding carboxylic acids is 1. The second kappa shape index (κ2) is 8.22. The number of nitro groups is 1. The van der Waals surface area contributed by atoms with E-state index >= 15 is 0 Å². The van der Waals surface area contributed by atoms with Crippen LogP contribution in [0.25, 0.3) is 0 Å². The van der Waals surface area contributed by atoms with E-state index in [1.54, 1.807) is 47.7 Å². The van der Waals surface area contributed by atoms with Crippen molar-refractivity contribution in [3.63, 3.8) is 0 Å². The molecular formula is C18H19ClN6O3. The Morgan fingerprint density at radius 1 is 1.29 bits per heavy atom. The van der Waals surface area contributed by atoms with Crippen LogP contribution in [0.15, 0.2) is 36.7 Å². The molecular weight excluding hydrogens is 384 g/mol. The second-order valence-electron chi connectivity index (χ2n) is 6.31. The molecule has 0 fully saturated rings. The second-order valence-corrected chi connectivity index (χ2v) is 6.75. The first kappa shape index (κ1) is 19.6. The van der Waals surface area contributed by atoms with Gasteiger partial charge in [0.2, 0.25) is 0 Å². The summed E-state index contributed by atoms with van der Waals surface area (Å²) in [4.78, 5) is 22.9. The number of nitrogens with zero attached hydrogens (tertiary/aromatic N) is 5. The summed E-state index contributed by atoms with van der Waals surface area (Å²) >= 11 is 5.80. The van der Waals surface area contributed by atoms with Crippen molar-refractivity contribution < 1.29 is 9.72 Å². The largest absolute Gasteiger partial charge is 0.350 e. The maximum Gasteiger partial charge on any atom is 0.312 e. The zero-order chi connectivity index (χ0) is 20.3. The van der Waals surface area contributed by atoms with Crippen LogP contribution in [0.4, 0.5) is 5.69 Å². The average molecular weight is 403 g/mol. The molecule has 3 aromatic rings. The highest BCUT2D eigenvalue weighted by atomic mass is 35.5. The van der Waals surface area contributed by atoms with Crippen LogP contribution in [0.3, 0.4) is 0 Å². The van der Waals surface area contributed by atoms with Crippen molar-refractivity contribution in [2.24, 2.45) is 0 Å². The highest BCUT2D eigenvalue weighted by Gasteiger charge is 2.21. The fourth-order valence-corrected chi connectivity index (χ4v) is 3.04. The summed E-state index contributed by atoms with van der Waals surface area (Å²) < 4.78 is 3.25. The first-order valence-corrected chi connectivity index (χ1v) is 8.96. The summed E-state index contributed by atoms with van der Waals surface area (Å²) in [5.41, 5.74) is 2.35. The maximum atomic E-state index is 12.2. The van der Waals surface area contributed by atoms with Gasteiger partial charge in [0.15, 0.2) is 0 Å². The van der Waals surface area contributed by atoms with Gasteiger partial charge < -0.3 is 5.32 Å². The predicted molar refractivity (Wildman–Crippen MR) is 103 cm³/mol. The molecule has 0 aliphatic heterocycles. The van der Waals surface area contributed by atoms with Crippen molar-refractivity contribution in [1.82, 2.24) is 24.9 Å². The van der Waals surface area contributed by atoms with Crippen LogP contribution in [-0.4, -0.2) is 36.9 Å². The predicted octanol–water partition coefficient (Wildman–Crippen LogP) is 2.74. The van der Waals surface area contributed by atoms with Gasteiger partial charge in [-0.2, -0.15) is 10.2 Å². The summed E-state index contributed by atoms with van der Waals surface area (Å²) in [5, 5.41) is 22.8. The van der Waals surface area contributed by atoms with E-state index < -0.39 is 4.92 Å². The number of carbonyl (C=O) groups is 1. The molecule has 0 saturated carbocycles. The number of halogens is 1. The van der Waals surface area contributed by atoms with E-state index in [2.05, 4.69) is 15.5 Å². The fourth-order valence-electron chi connectivity index (χ4n) is 2.89. The molecule has 3 rings (SSSR count). The molecule has 1 aromatic carbocycles. The molecule has 2 heterocycles. The number of amides is 1. The summed E-state index contributed by atoms with van der Waals surface area (Å²) in [5.74, 6) is -0.188. The van der Waals surface area contributed by atoms with Crippen molar-refractivity contribution in [3.8, 4) is 0 Å². The third-order valence-electron chi connectivity index (χ3n) is 4.30. The van der Waals surface area contributed by atoms with Crippen molar-refractivity contribution in [1.29, 1.82) is 0 Å². The normalized spacial score (nSPS) is 10.8. The molecule has 0 aliphatic carbocycles. The van der Waals surface area contributed by atoms with E-state index in [4.69, 9.17) is 11.6 Å². The van der Waals surface area contributed by atoms with E-state index in [1.165, 1.54) is 0 Å². The summed E-state index contributed by atoms with van der Waals surface area (Å²) in [6.45, 7) is 4.63. The monoisotopic (exact) mass is 402 g/mol. The van der Waals surface area contributed by atoms with E-state index in [-0.39, 0.29) is 11.6 Å². The van der Waals surface area contributed by atoms with Gasteiger partial charge in [-0.25, -0.2) is 0 Å². The number of aromatic nitrogens is 4. The van der Waals surface area contributed by atoms with Crippen molar-refractivity contribution in [2.75, 3.05) is 6.54 Å². The van der Waals surface area contributed by atoms with Gasteiger partial charge >= 0.3 is 5.69 Å². The molecule has 9 nitrogen and oxygen atoms in total. The van der Waals surface area contributed by atoms with E-state index in [0.29, 0.717) is 41.6 Å². The number of hydrogen-bond donors (Lipinski definition) is 1. The smallest absolute Gasteiger partial charge is 0.312 e. The van der Waals surface area contributed by atoms with Gasteiger partial charge in [0, 0.05) is 18.3 Å². The molecule has 10 heteroatoms. The van der Waals surface area contributed by atoms with Crippen molar-refractivity contribution in [3.05, 3.63) is 74.3 Å². The zero-order valence-electron chi connectivity index (χ0n) is 15.4. The van der Waals surface area contributed by atoms with Crippen molar-refractivity contribution >= 4 is 23.2 Å². The minimum absolute atomic E-state index is 0.0365. The van der Waals surface area contributed by atoms with Crippen LogP contribution < -0.4 is 5.32 Å². The van der Waals surface area contributed by atoms with Gasteiger partial charge in [-0.15, -0.1) is 0 Å². The van der Waals surface area contributed by atoms with Gasteiger partial charge in [-0.1, -0.05) is 23.7 Å². The molecule has 0 spiro atoms. The number of nitrogens with one attached hydrogen (secondary N) is 1. The third-order valence-corrected chi connectivity index (χ3v) is 4.50. The first-order chi connectivity index (χ1) is 13.3. The molecule has 0 atom stereocenters. The van der Waals surface area contributed by atoms with Crippen LogP contribution in [0.2, 0.25) is 5.02 Å². The molecule has 0 saturated heterocycles. The Hall–Kier alpha value is -3.20. The molecule has 1 amide bonds. The first-order valence-electron chi connectivity index (χ1n) is 8.58. The highest BCUT2D eigenvalue weighted by Crippen LogP contribution is 2.22. The Labute approximate surface area is 166 Å². The molecule has 0 unspecified atom stereocenters. The fraction of sp³-hybridized carbons (Fsp3) is 0.278. The average Bonchev–Trinajstić information content (AvgIpc) is 3.18. The van der Waals surface area contributed by atoms with Crippen LogP contribution in [0, 0.1) is 24.0 Å². The van der Waals surface area contributed by atoms with Crippen LogP contribution >= 0.6 is 11.6 Å². The van der Waals surface area contributed by atoms with Gasteiger partial charge in [-0.05, 0) is 31.5 Å². The lowest BCUT2D eigenvalue weighted by Gasteiger charge is -2.07. The Balaban J connectivity index is 1.59. The van der Waals surface area contributed by atoms with Crippen molar-refractivity contribution in [2.45, 2.75) is 26.9 Å². The Morgan fingerprint density at radius 2 is 2.00 bits per heavy atom. The van der Waals surface area contributed by atoms with E-state index in [1.807, 2.05) is 12.1 Å². The molecule has 0 bridgehead atoms. The minimum atomic E-state index is -0.418. The topological polar surface area (TPSA) is 108 Å². The molecule has 0 radical (unpaired) electrons. The third kappa shape index (κ3) is 4.37. The van der Waals surface area contributed by atoms with Gasteiger partial charge in [0.1, 0.15) is 11.4 Å². The lowest BCUT2D eigenvalue weighted by molar-refractivity contribution is -0.386. The van der Waals surface area contributed by atoms with Gasteiger partial charge in [-0.3, -0.25) is 24.3 Å². The molecule has 0 aliphatic rings. The SMILES string of the molecule is Cc1nn(Cc2ccc(C(=O)NCCn3cc(Cl)cn3)cc2)c(C)c1[N+](=O)[O-]. The number of aryl methyl sites for hydroxylation is 1. The lowest BCUT2D eigenvalue weighted by Crippen LogP contribution is -2.27. The van der Waals surface area contributed by atoms with E-state index in [0.717, 1.165) is 5.56 Å². The summed E-state index contributed by atoms with van der Waals surface area (Å²) in [7, 11) is 0. The molecule has 2 aromatic heterocycles. The van der Waals surface area contributed by atoms with Crippen LogP contribution in [0.1, 0.15) is 27.3 Å². The number of benzene rings is 1. The lowest BCUT2D eigenvalue weighted by atomic mass is 10.1. The summed E-state index contributed by atoms with van der Waals surface area (Å²) in [6, 6.07) is 7.06. The van der Waals surface area contributed by atoms with E-state index in [9.17, 15) is 14.9 Å². The summed E-state index contributed by atoms with van der Waals surface area (Å²) in [6.07, 6.45) is 3.23. The standard InChI is InChI=1S/C18H19ClN6O3/c1-12-17(25(27)28)13(2)24(22-12)10-14-3-5-15(6-4-14)18(26)20-7-8-23-11-16(19)9-21-23/h3-6,9,11H,7-8,10H2,1-2H3,(H,20,26). The van der Waals surface area contributed by atoms with Crippen LogP contribution in [-0.2, 0) is 13.1 Å². The van der Waals surface area contributed by atoms with Crippen LogP contribution in [0.5, 0.6) is 0 Å². The Morgan fingerprint density at radius 3 is 2.57 bits per heavy atom. The molecule has 28 heavy (non-hydrogen) atoms. The maximum absolute atomic E-state index is 12.2. The molecule has 146 valence electrons. The Kier molecular flexibility index (Phi) is 5.74. The number of hydrogen-bond acceptors (Lipinski definition) is 5. The number of rotatable bonds is 7.